The summed E-state index contributed by atoms with van der Waals surface area (Å²) < 4.78 is 6.88. The van der Waals surface area contributed by atoms with Gasteiger partial charge in [0.15, 0.2) is 5.65 Å². The standard InChI is InChI=1S/C19H21N5O2S/c1-26-15-8-6-13(7-9-15)16-10-11-17-21-22-19(24(17)23-16)27-12-18(25)20-14-4-2-3-5-14/h6-11,14H,2-5,12H2,1H3,(H,20,25). The molecule has 0 atom stereocenters. The summed E-state index contributed by atoms with van der Waals surface area (Å²) in [5, 5.41) is 16.7. The zero-order valence-corrected chi connectivity index (χ0v) is 15.9. The van der Waals surface area contributed by atoms with Crippen LogP contribution in [-0.2, 0) is 4.79 Å². The van der Waals surface area contributed by atoms with Crippen molar-refractivity contribution in [1.82, 2.24) is 25.1 Å². The molecule has 4 rings (SSSR count). The van der Waals surface area contributed by atoms with Crippen LogP contribution in [0.5, 0.6) is 5.75 Å². The summed E-state index contributed by atoms with van der Waals surface area (Å²) in [4.78, 5) is 12.2. The fourth-order valence-corrected chi connectivity index (χ4v) is 3.94. The molecule has 2 heterocycles. The van der Waals surface area contributed by atoms with E-state index in [0.717, 1.165) is 29.8 Å². The smallest absolute Gasteiger partial charge is 0.230 e. The molecule has 7 nitrogen and oxygen atoms in total. The Kier molecular flexibility index (Phi) is 5.24. The molecule has 1 fully saturated rings. The maximum atomic E-state index is 12.2. The lowest BCUT2D eigenvalue weighted by molar-refractivity contribution is -0.119. The van der Waals surface area contributed by atoms with Crippen LogP contribution < -0.4 is 10.1 Å². The number of carbonyl (C=O) groups is 1. The molecule has 0 spiro atoms. The van der Waals surface area contributed by atoms with Crippen LogP contribution in [0.3, 0.4) is 0 Å². The van der Waals surface area contributed by atoms with Gasteiger partial charge in [-0.3, -0.25) is 4.79 Å². The summed E-state index contributed by atoms with van der Waals surface area (Å²) in [5.41, 5.74) is 2.44. The van der Waals surface area contributed by atoms with Gasteiger partial charge in [0, 0.05) is 11.6 Å². The van der Waals surface area contributed by atoms with Crippen molar-refractivity contribution in [3.05, 3.63) is 36.4 Å². The molecular formula is C19H21N5O2S. The Bertz CT molecular complexity index is 935. The van der Waals surface area contributed by atoms with Crippen LogP contribution in [0.15, 0.2) is 41.6 Å². The first kappa shape index (κ1) is 17.8. The van der Waals surface area contributed by atoms with Crippen molar-refractivity contribution in [1.29, 1.82) is 0 Å². The highest BCUT2D eigenvalue weighted by Gasteiger charge is 2.18. The molecule has 27 heavy (non-hydrogen) atoms. The Morgan fingerprint density at radius 1 is 1.19 bits per heavy atom. The molecule has 1 aliphatic rings. The Hall–Kier alpha value is -2.61. The normalized spacial score (nSPS) is 14.6. The molecule has 3 aromatic rings. The summed E-state index contributed by atoms with van der Waals surface area (Å²) in [5.74, 6) is 1.15. The lowest BCUT2D eigenvalue weighted by Gasteiger charge is -2.11. The van der Waals surface area contributed by atoms with E-state index < -0.39 is 0 Å². The van der Waals surface area contributed by atoms with Crippen LogP contribution in [0.4, 0.5) is 0 Å². The lowest BCUT2D eigenvalue weighted by Crippen LogP contribution is -2.33. The van der Waals surface area contributed by atoms with E-state index in [0.29, 0.717) is 22.6 Å². The van der Waals surface area contributed by atoms with E-state index in [4.69, 9.17) is 4.74 Å². The fraction of sp³-hybridized carbons (Fsp3) is 0.368. The molecule has 1 aromatic carbocycles. The van der Waals surface area contributed by atoms with E-state index in [1.807, 2.05) is 36.4 Å². The number of aromatic nitrogens is 4. The number of methoxy groups -OCH3 is 1. The predicted molar refractivity (Wildman–Crippen MR) is 104 cm³/mol. The summed E-state index contributed by atoms with van der Waals surface area (Å²) in [6.07, 6.45) is 4.56. The van der Waals surface area contributed by atoms with Gasteiger partial charge in [0.2, 0.25) is 11.1 Å². The molecule has 140 valence electrons. The molecule has 1 N–H and O–H groups in total. The van der Waals surface area contributed by atoms with Crippen LogP contribution >= 0.6 is 11.8 Å². The number of nitrogens with one attached hydrogen (secondary N) is 1. The summed E-state index contributed by atoms with van der Waals surface area (Å²) in [7, 11) is 1.64. The first-order valence-electron chi connectivity index (χ1n) is 9.02. The van der Waals surface area contributed by atoms with E-state index in [2.05, 4.69) is 20.6 Å². The lowest BCUT2D eigenvalue weighted by atomic mass is 10.1. The van der Waals surface area contributed by atoms with Crippen molar-refractivity contribution < 1.29 is 9.53 Å². The number of rotatable bonds is 6. The zero-order valence-electron chi connectivity index (χ0n) is 15.1. The average Bonchev–Trinajstić information content (AvgIpc) is 3.35. The summed E-state index contributed by atoms with van der Waals surface area (Å²) in [6.45, 7) is 0. The quantitative estimate of drug-likeness (QED) is 0.659. The van der Waals surface area contributed by atoms with Crippen molar-refractivity contribution in [3.63, 3.8) is 0 Å². The summed E-state index contributed by atoms with van der Waals surface area (Å²) in [6, 6.07) is 11.8. The van der Waals surface area contributed by atoms with Gasteiger partial charge in [0.25, 0.3) is 0 Å². The van der Waals surface area contributed by atoms with E-state index in [1.165, 1.54) is 24.6 Å². The first-order chi connectivity index (χ1) is 13.2. The maximum absolute atomic E-state index is 12.2. The third-order valence-electron chi connectivity index (χ3n) is 4.67. The second-order valence-corrected chi connectivity index (χ2v) is 7.48. The Balaban J connectivity index is 1.48. The maximum Gasteiger partial charge on any atom is 0.230 e. The van der Waals surface area contributed by atoms with E-state index in [1.54, 1.807) is 11.6 Å². The van der Waals surface area contributed by atoms with Crippen LogP contribution in [0.2, 0.25) is 0 Å². The van der Waals surface area contributed by atoms with Gasteiger partial charge in [-0.25, -0.2) is 0 Å². The molecule has 2 aromatic heterocycles. The third kappa shape index (κ3) is 4.05. The molecule has 0 unspecified atom stereocenters. The van der Waals surface area contributed by atoms with Crippen molar-refractivity contribution in [2.75, 3.05) is 12.9 Å². The molecule has 0 radical (unpaired) electrons. The van der Waals surface area contributed by atoms with Gasteiger partial charge >= 0.3 is 0 Å². The van der Waals surface area contributed by atoms with Gasteiger partial charge in [-0.1, -0.05) is 24.6 Å². The zero-order chi connectivity index (χ0) is 18.6. The van der Waals surface area contributed by atoms with Crippen molar-refractivity contribution in [2.24, 2.45) is 0 Å². The number of thioether (sulfide) groups is 1. The number of carbonyl (C=O) groups excluding carboxylic acids is 1. The largest absolute Gasteiger partial charge is 0.497 e. The predicted octanol–water partition coefficient (Wildman–Crippen LogP) is 2.95. The van der Waals surface area contributed by atoms with Crippen LogP contribution in [0.25, 0.3) is 16.9 Å². The minimum Gasteiger partial charge on any atom is -0.497 e. The van der Waals surface area contributed by atoms with Gasteiger partial charge < -0.3 is 10.1 Å². The number of hydrogen-bond donors (Lipinski definition) is 1. The number of amides is 1. The molecule has 8 heteroatoms. The highest BCUT2D eigenvalue weighted by Crippen LogP contribution is 2.23. The molecule has 1 aliphatic carbocycles. The monoisotopic (exact) mass is 383 g/mol. The number of hydrogen-bond acceptors (Lipinski definition) is 6. The van der Waals surface area contributed by atoms with Gasteiger partial charge in [0.1, 0.15) is 5.75 Å². The van der Waals surface area contributed by atoms with Crippen LogP contribution in [0, 0.1) is 0 Å². The van der Waals surface area contributed by atoms with Gasteiger partial charge in [-0.05, 0) is 49.2 Å². The molecule has 0 saturated heterocycles. The van der Waals surface area contributed by atoms with Crippen LogP contribution in [0.1, 0.15) is 25.7 Å². The Labute approximate surface area is 161 Å². The topological polar surface area (TPSA) is 81.4 Å². The van der Waals surface area contributed by atoms with E-state index >= 15 is 0 Å². The SMILES string of the molecule is COc1ccc(-c2ccc3nnc(SCC(=O)NC4CCCC4)n3n2)cc1. The molecule has 1 saturated carbocycles. The summed E-state index contributed by atoms with van der Waals surface area (Å²) >= 11 is 1.35. The fourth-order valence-electron chi connectivity index (χ4n) is 3.24. The van der Waals surface area contributed by atoms with Crippen molar-refractivity contribution >= 4 is 23.3 Å². The average molecular weight is 383 g/mol. The molecule has 0 bridgehead atoms. The van der Waals surface area contributed by atoms with Gasteiger partial charge in [-0.15, -0.1) is 10.2 Å². The number of fused-ring (bicyclic) bond motifs is 1. The minimum absolute atomic E-state index is 0.0370. The van der Waals surface area contributed by atoms with E-state index in [9.17, 15) is 4.79 Å². The Morgan fingerprint density at radius 3 is 2.70 bits per heavy atom. The number of ether oxygens (including phenoxy) is 1. The number of benzene rings is 1. The highest BCUT2D eigenvalue weighted by atomic mass is 32.2. The second kappa shape index (κ2) is 7.96. The second-order valence-electron chi connectivity index (χ2n) is 6.54. The van der Waals surface area contributed by atoms with Crippen LogP contribution in [-0.4, -0.2) is 44.6 Å². The van der Waals surface area contributed by atoms with Crippen molar-refractivity contribution in [3.8, 4) is 17.0 Å². The molecular weight excluding hydrogens is 362 g/mol. The van der Waals surface area contributed by atoms with Crippen molar-refractivity contribution in [2.45, 2.75) is 36.9 Å². The molecule has 0 aliphatic heterocycles. The first-order valence-corrected chi connectivity index (χ1v) is 10.0. The van der Waals surface area contributed by atoms with E-state index in [-0.39, 0.29) is 5.91 Å². The van der Waals surface area contributed by atoms with Gasteiger partial charge in [-0.2, -0.15) is 9.61 Å². The number of nitrogens with zero attached hydrogens (tertiary/aromatic N) is 4. The minimum atomic E-state index is 0.0370. The highest BCUT2D eigenvalue weighted by molar-refractivity contribution is 7.99. The Morgan fingerprint density at radius 2 is 1.96 bits per heavy atom. The molecule has 1 amide bonds. The van der Waals surface area contributed by atoms with Gasteiger partial charge in [0.05, 0.1) is 18.6 Å². The third-order valence-corrected chi connectivity index (χ3v) is 5.59.